The number of hydrogen-bond donors (Lipinski definition) is 2. The summed E-state index contributed by atoms with van der Waals surface area (Å²) in [6.45, 7) is 6.53. The van der Waals surface area contributed by atoms with Gasteiger partial charge in [-0.3, -0.25) is 23.9 Å². The van der Waals surface area contributed by atoms with E-state index >= 15 is 0 Å². The number of ketones is 1. The van der Waals surface area contributed by atoms with Crippen LogP contribution < -0.4 is 21.9 Å². The monoisotopic (exact) mass is 434 g/mol. The van der Waals surface area contributed by atoms with E-state index in [2.05, 4.69) is 4.98 Å². The average Bonchev–Trinajstić information content (AvgIpc) is 3.14. The van der Waals surface area contributed by atoms with Crippen molar-refractivity contribution in [1.29, 1.82) is 0 Å². The Labute approximate surface area is 179 Å². The molecule has 2 heterocycles. The number of hydrogen-bond acceptors (Lipinski definition) is 6. The van der Waals surface area contributed by atoms with Gasteiger partial charge in [0.05, 0.1) is 4.88 Å². The Morgan fingerprint density at radius 2 is 1.83 bits per heavy atom. The van der Waals surface area contributed by atoms with Crippen LogP contribution in [0.25, 0.3) is 0 Å². The molecule has 2 rings (SSSR count). The van der Waals surface area contributed by atoms with Gasteiger partial charge in [-0.25, -0.2) is 4.79 Å². The van der Waals surface area contributed by atoms with E-state index in [0.29, 0.717) is 30.8 Å². The Hall–Kier alpha value is -2.68. The number of aromatic nitrogens is 2. The molecule has 30 heavy (non-hydrogen) atoms. The second kappa shape index (κ2) is 10.9. The van der Waals surface area contributed by atoms with Gasteiger partial charge in [0.1, 0.15) is 5.82 Å². The van der Waals surface area contributed by atoms with Crippen LogP contribution in [-0.2, 0) is 11.3 Å². The third-order valence-electron chi connectivity index (χ3n) is 4.84. The summed E-state index contributed by atoms with van der Waals surface area (Å²) in [7, 11) is 0. The molecule has 2 aromatic rings. The van der Waals surface area contributed by atoms with Gasteiger partial charge in [-0.1, -0.05) is 26.7 Å². The molecule has 164 valence electrons. The third kappa shape index (κ3) is 5.69. The molecular weight excluding hydrogens is 404 g/mol. The number of Topliss-reactive ketones (excluding diaryl/α,β-unsaturated/α-hetero) is 1. The first-order chi connectivity index (χ1) is 14.3. The lowest BCUT2D eigenvalue weighted by Gasteiger charge is -2.24. The van der Waals surface area contributed by atoms with Crippen molar-refractivity contribution in [3.8, 4) is 0 Å². The fraction of sp³-hybridized carbons (Fsp3) is 0.524. The number of nitrogen functional groups attached to an aromatic ring is 1. The van der Waals surface area contributed by atoms with Crippen LogP contribution in [0.5, 0.6) is 0 Å². The zero-order valence-corrected chi connectivity index (χ0v) is 18.6. The number of carbonyl (C=O) groups is 2. The number of nitrogens with one attached hydrogen (secondary N) is 1. The summed E-state index contributed by atoms with van der Waals surface area (Å²) >= 11 is 1.39. The number of rotatable bonds is 11. The van der Waals surface area contributed by atoms with Crippen LogP contribution in [0.3, 0.4) is 0 Å². The fourth-order valence-electron chi connectivity index (χ4n) is 3.12. The van der Waals surface area contributed by atoms with Gasteiger partial charge >= 0.3 is 5.69 Å². The lowest BCUT2D eigenvalue weighted by atomic mass is 10.1. The molecule has 0 fully saturated rings. The molecule has 1 amide bonds. The van der Waals surface area contributed by atoms with Crippen molar-refractivity contribution in [3.05, 3.63) is 42.7 Å². The summed E-state index contributed by atoms with van der Waals surface area (Å²) in [6.07, 6.45) is 3.05. The van der Waals surface area contributed by atoms with Gasteiger partial charge in [0, 0.05) is 30.8 Å². The van der Waals surface area contributed by atoms with Crippen molar-refractivity contribution in [1.82, 2.24) is 9.55 Å². The Morgan fingerprint density at radius 1 is 1.13 bits per heavy atom. The van der Waals surface area contributed by atoms with Crippen molar-refractivity contribution in [2.75, 3.05) is 17.2 Å². The summed E-state index contributed by atoms with van der Waals surface area (Å²) in [5, 5.41) is 0. The molecule has 0 unspecified atom stereocenters. The minimum atomic E-state index is -0.685. The highest BCUT2D eigenvalue weighted by Gasteiger charge is 2.24. The maximum Gasteiger partial charge on any atom is 0.330 e. The Morgan fingerprint density at radius 3 is 2.43 bits per heavy atom. The van der Waals surface area contributed by atoms with Crippen LogP contribution in [0.1, 0.15) is 66.9 Å². The molecule has 0 radical (unpaired) electrons. The number of nitrogens with two attached hydrogens (primary N) is 1. The molecule has 0 saturated carbocycles. The molecule has 3 N–H and O–H groups in total. The maximum absolute atomic E-state index is 13.0. The zero-order chi connectivity index (χ0) is 22.3. The van der Waals surface area contributed by atoms with Crippen molar-refractivity contribution in [2.24, 2.45) is 0 Å². The molecule has 2 aromatic heterocycles. The van der Waals surface area contributed by atoms with E-state index in [9.17, 15) is 19.2 Å². The quantitative estimate of drug-likeness (QED) is 0.527. The molecule has 9 heteroatoms. The Bertz CT molecular complexity index is 1010. The van der Waals surface area contributed by atoms with E-state index in [-0.39, 0.29) is 36.0 Å². The maximum atomic E-state index is 13.0. The first-order valence-corrected chi connectivity index (χ1v) is 11.1. The molecule has 0 saturated heterocycles. The lowest BCUT2D eigenvalue weighted by Crippen LogP contribution is -2.41. The first kappa shape index (κ1) is 23.6. The van der Waals surface area contributed by atoms with Crippen LogP contribution >= 0.6 is 11.3 Å². The van der Waals surface area contributed by atoms with Gasteiger partial charge in [-0.2, -0.15) is 0 Å². The third-order valence-corrected chi connectivity index (χ3v) is 5.88. The standard InChI is InChI=1S/C21H30N4O4S/c1-4-6-12-24(17(27)11-9-15(26)16-10-8-14(3)30-16)18-19(22)25(13-7-5-2)21(29)23-20(18)28/h8,10H,4-7,9,11-13,22H2,1-3H3,(H,23,28,29). The Balaban J connectivity index is 2.30. The number of carbonyl (C=O) groups excluding carboxylic acids is 2. The van der Waals surface area contributed by atoms with Crippen molar-refractivity contribution in [3.63, 3.8) is 0 Å². The molecule has 0 spiro atoms. The van der Waals surface area contributed by atoms with Gasteiger partial charge in [-0.05, 0) is 31.9 Å². The number of aryl methyl sites for hydroxylation is 1. The van der Waals surface area contributed by atoms with E-state index in [1.165, 1.54) is 20.8 Å². The van der Waals surface area contributed by atoms with Gasteiger partial charge < -0.3 is 10.6 Å². The first-order valence-electron chi connectivity index (χ1n) is 10.3. The number of aromatic amines is 1. The highest BCUT2D eigenvalue weighted by Crippen LogP contribution is 2.21. The molecule has 0 aliphatic rings. The molecule has 0 aromatic carbocycles. The van der Waals surface area contributed by atoms with Crippen LogP contribution in [-0.4, -0.2) is 27.8 Å². The SMILES string of the molecule is CCCCN(C(=O)CCC(=O)c1ccc(C)s1)c1c(N)n(CCCC)c(=O)[nH]c1=O. The summed E-state index contributed by atoms with van der Waals surface area (Å²) in [5.74, 6) is -0.475. The molecule has 0 aliphatic heterocycles. The number of nitrogens with zero attached hydrogens (tertiary/aromatic N) is 2. The predicted octanol–water partition coefficient (Wildman–Crippen LogP) is 3.09. The lowest BCUT2D eigenvalue weighted by molar-refractivity contribution is -0.118. The van der Waals surface area contributed by atoms with Crippen molar-refractivity contribution < 1.29 is 9.59 Å². The van der Waals surface area contributed by atoms with Crippen molar-refractivity contribution in [2.45, 2.75) is 65.8 Å². The molecule has 0 atom stereocenters. The predicted molar refractivity (Wildman–Crippen MR) is 121 cm³/mol. The van der Waals surface area contributed by atoms with Gasteiger partial charge in [0.25, 0.3) is 5.56 Å². The summed E-state index contributed by atoms with van der Waals surface area (Å²) in [6, 6.07) is 3.63. The van der Waals surface area contributed by atoms with Gasteiger partial charge in [-0.15, -0.1) is 11.3 Å². The second-order valence-corrected chi connectivity index (χ2v) is 8.52. The van der Waals surface area contributed by atoms with Gasteiger partial charge in [0.15, 0.2) is 11.5 Å². The number of H-pyrrole nitrogens is 1. The smallest absolute Gasteiger partial charge is 0.330 e. The highest BCUT2D eigenvalue weighted by atomic mass is 32.1. The van der Waals surface area contributed by atoms with Crippen LogP contribution in [0.4, 0.5) is 11.5 Å². The topological polar surface area (TPSA) is 118 Å². The average molecular weight is 435 g/mol. The Kier molecular flexibility index (Phi) is 8.58. The molecule has 8 nitrogen and oxygen atoms in total. The van der Waals surface area contributed by atoms with Crippen molar-refractivity contribution >= 4 is 34.5 Å². The normalized spacial score (nSPS) is 10.9. The van der Waals surface area contributed by atoms with E-state index < -0.39 is 11.2 Å². The second-order valence-electron chi connectivity index (χ2n) is 7.23. The minimum absolute atomic E-state index is 0.0106. The number of amides is 1. The number of anilines is 2. The summed E-state index contributed by atoms with van der Waals surface area (Å²) < 4.78 is 1.30. The highest BCUT2D eigenvalue weighted by molar-refractivity contribution is 7.14. The number of thiophene rings is 1. The fourth-order valence-corrected chi connectivity index (χ4v) is 3.95. The van der Waals surface area contributed by atoms with Crippen LogP contribution in [0, 0.1) is 6.92 Å². The molecule has 0 aliphatic carbocycles. The van der Waals surface area contributed by atoms with E-state index in [1.807, 2.05) is 26.8 Å². The summed E-state index contributed by atoms with van der Waals surface area (Å²) in [4.78, 5) is 55.4. The molecular formula is C21H30N4O4S. The minimum Gasteiger partial charge on any atom is -0.383 e. The van der Waals surface area contributed by atoms with E-state index in [1.54, 1.807) is 6.07 Å². The van der Waals surface area contributed by atoms with E-state index in [0.717, 1.165) is 17.7 Å². The largest absolute Gasteiger partial charge is 0.383 e. The van der Waals surface area contributed by atoms with Crippen LogP contribution in [0.15, 0.2) is 21.7 Å². The van der Waals surface area contributed by atoms with E-state index in [4.69, 9.17) is 5.73 Å². The summed E-state index contributed by atoms with van der Waals surface area (Å²) in [5.41, 5.74) is 4.89. The van der Waals surface area contributed by atoms with Gasteiger partial charge in [0.2, 0.25) is 5.91 Å². The zero-order valence-electron chi connectivity index (χ0n) is 17.8. The molecule has 0 bridgehead atoms. The van der Waals surface area contributed by atoms with Crippen LogP contribution in [0.2, 0.25) is 0 Å². The number of unbranched alkanes of at least 4 members (excludes halogenated alkanes) is 2.